The van der Waals surface area contributed by atoms with Crippen LogP contribution in [0.25, 0.3) is 0 Å². The van der Waals surface area contributed by atoms with Crippen LogP contribution in [0.4, 0.5) is 21.8 Å². The molecule has 7 nitrogen and oxygen atoms in total. The SMILES string of the molecule is O=C(Nc1ccc(F)cc1)c1ccnc(N2CCN(c3ncccn3)CC2)c1. The van der Waals surface area contributed by atoms with Gasteiger partial charge in [0.2, 0.25) is 5.95 Å². The summed E-state index contributed by atoms with van der Waals surface area (Å²) in [6, 6.07) is 10.9. The fourth-order valence-corrected chi connectivity index (χ4v) is 3.06. The molecule has 4 rings (SSSR count). The number of aromatic nitrogens is 3. The van der Waals surface area contributed by atoms with Crippen LogP contribution in [-0.4, -0.2) is 47.0 Å². The lowest BCUT2D eigenvalue weighted by Gasteiger charge is -2.35. The molecule has 3 aromatic rings. The van der Waals surface area contributed by atoms with Crippen LogP contribution in [0, 0.1) is 5.82 Å². The van der Waals surface area contributed by atoms with Gasteiger partial charge in [0, 0.05) is 56.0 Å². The highest BCUT2D eigenvalue weighted by Gasteiger charge is 2.20. The molecule has 142 valence electrons. The smallest absolute Gasteiger partial charge is 0.255 e. The standard InChI is InChI=1S/C20H19FN6O/c21-16-2-4-17(5-3-16)25-19(28)15-6-9-22-18(14-15)26-10-12-27(13-11-26)20-23-7-1-8-24-20/h1-9,14H,10-13H2,(H,25,28). The van der Waals surface area contributed by atoms with Crippen molar-refractivity contribution in [3.8, 4) is 0 Å². The van der Waals surface area contributed by atoms with E-state index in [-0.39, 0.29) is 11.7 Å². The summed E-state index contributed by atoms with van der Waals surface area (Å²) in [6.45, 7) is 3.07. The van der Waals surface area contributed by atoms with Crippen molar-refractivity contribution in [1.82, 2.24) is 15.0 Å². The molecule has 0 radical (unpaired) electrons. The third-order valence-corrected chi connectivity index (χ3v) is 4.55. The molecule has 1 aromatic carbocycles. The molecule has 1 amide bonds. The predicted molar refractivity (Wildman–Crippen MR) is 105 cm³/mol. The minimum Gasteiger partial charge on any atom is -0.353 e. The number of rotatable bonds is 4. The number of carbonyl (C=O) groups excluding carboxylic acids is 1. The van der Waals surface area contributed by atoms with E-state index in [1.54, 1.807) is 36.8 Å². The molecular weight excluding hydrogens is 359 g/mol. The molecule has 8 heteroatoms. The summed E-state index contributed by atoms with van der Waals surface area (Å²) < 4.78 is 13.0. The number of hydrogen-bond donors (Lipinski definition) is 1. The van der Waals surface area contributed by atoms with Gasteiger partial charge in [-0.15, -0.1) is 0 Å². The number of benzene rings is 1. The quantitative estimate of drug-likeness (QED) is 0.752. The van der Waals surface area contributed by atoms with Gasteiger partial charge in [0.15, 0.2) is 0 Å². The normalized spacial score (nSPS) is 14.0. The van der Waals surface area contributed by atoms with Crippen LogP contribution in [-0.2, 0) is 0 Å². The van der Waals surface area contributed by atoms with Crippen molar-refractivity contribution < 1.29 is 9.18 Å². The van der Waals surface area contributed by atoms with Crippen molar-refractivity contribution in [3.05, 3.63) is 72.4 Å². The van der Waals surface area contributed by atoms with Gasteiger partial charge < -0.3 is 15.1 Å². The first-order chi connectivity index (χ1) is 13.7. The summed E-state index contributed by atoms with van der Waals surface area (Å²) >= 11 is 0. The molecule has 28 heavy (non-hydrogen) atoms. The molecule has 0 unspecified atom stereocenters. The molecule has 0 bridgehead atoms. The molecule has 1 aliphatic heterocycles. The van der Waals surface area contributed by atoms with E-state index in [0.717, 1.165) is 37.9 Å². The van der Waals surface area contributed by atoms with Gasteiger partial charge in [-0.3, -0.25) is 4.79 Å². The third kappa shape index (κ3) is 4.06. The van der Waals surface area contributed by atoms with E-state index in [9.17, 15) is 9.18 Å². The van der Waals surface area contributed by atoms with Gasteiger partial charge in [0.1, 0.15) is 11.6 Å². The zero-order chi connectivity index (χ0) is 19.3. The summed E-state index contributed by atoms with van der Waals surface area (Å²) in [4.78, 5) is 29.7. The number of pyridine rings is 1. The van der Waals surface area contributed by atoms with Gasteiger partial charge >= 0.3 is 0 Å². The van der Waals surface area contributed by atoms with E-state index in [1.807, 2.05) is 0 Å². The summed E-state index contributed by atoms with van der Waals surface area (Å²) in [5.41, 5.74) is 1.05. The van der Waals surface area contributed by atoms with E-state index in [0.29, 0.717) is 11.3 Å². The summed E-state index contributed by atoms with van der Waals surface area (Å²) in [7, 11) is 0. The number of halogens is 1. The second-order valence-electron chi connectivity index (χ2n) is 6.39. The number of nitrogens with zero attached hydrogens (tertiary/aromatic N) is 5. The molecule has 3 heterocycles. The largest absolute Gasteiger partial charge is 0.353 e. The molecule has 1 saturated heterocycles. The Morgan fingerprint density at radius 2 is 1.57 bits per heavy atom. The average Bonchev–Trinajstić information content (AvgIpc) is 2.76. The zero-order valence-corrected chi connectivity index (χ0v) is 15.1. The maximum absolute atomic E-state index is 13.0. The highest BCUT2D eigenvalue weighted by molar-refractivity contribution is 6.04. The average molecular weight is 378 g/mol. The summed E-state index contributed by atoms with van der Waals surface area (Å²) in [5, 5.41) is 2.77. The summed E-state index contributed by atoms with van der Waals surface area (Å²) in [5.74, 6) is 0.874. The minimum absolute atomic E-state index is 0.258. The van der Waals surface area contributed by atoms with Crippen molar-refractivity contribution in [2.75, 3.05) is 41.3 Å². The van der Waals surface area contributed by atoms with Crippen LogP contribution in [0.15, 0.2) is 61.1 Å². The second-order valence-corrected chi connectivity index (χ2v) is 6.39. The second kappa shape index (κ2) is 7.99. The third-order valence-electron chi connectivity index (χ3n) is 4.55. The van der Waals surface area contributed by atoms with Gasteiger partial charge in [-0.2, -0.15) is 0 Å². The molecule has 0 atom stereocenters. The van der Waals surface area contributed by atoms with Crippen molar-refractivity contribution in [3.63, 3.8) is 0 Å². The van der Waals surface area contributed by atoms with Gasteiger partial charge in [-0.1, -0.05) is 0 Å². The molecular formula is C20H19FN6O. The Balaban J connectivity index is 1.41. The van der Waals surface area contributed by atoms with Gasteiger partial charge in [-0.25, -0.2) is 19.3 Å². The molecule has 1 fully saturated rings. The van der Waals surface area contributed by atoms with Gasteiger partial charge in [-0.05, 0) is 42.5 Å². The molecule has 1 N–H and O–H groups in total. The first kappa shape index (κ1) is 17.8. The molecule has 0 spiro atoms. The van der Waals surface area contributed by atoms with Crippen molar-refractivity contribution >= 4 is 23.4 Å². The highest BCUT2D eigenvalue weighted by atomic mass is 19.1. The van der Waals surface area contributed by atoms with Crippen LogP contribution in [0.1, 0.15) is 10.4 Å². The van der Waals surface area contributed by atoms with E-state index in [4.69, 9.17) is 0 Å². The molecule has 1 aliphatic rings. The lowest BCUT2D eigenvalue weighted by atomic mass is 10.2. The van der Waals surface area contributed by atoms with Crippen LogP contribution in [0.2, 0.25) is 0 Å². The van der Waals surface area contributed by atoms with E-state index in [2.05, 4.69) is 30.1 Å². The summed E-state index contributed by atoms with van der Waals surface area (Å²) in [6.07, 6.45) is 5.10. The van der Waals surface area contributed by atoms with Crippen molar-refractivity contribution in [1.29, 1.82) is 0 Å². The number of carbonyl (C=O) groups is 1. The van der Waals surface area contributed by atoms with Crippen molar-refractivity contribution in [2.24, 2.45) is 0 Å². The predicted octanol–water partition coefficient (Wildman–Crippen LogP) is 2.59. The Morgan fingerprint density at radius 1 is 0.893 bits per heavy atom. The topological polar surface area (TPSA) is 74.2 Å². The lowest BCUT2D eigenvalue weighted by Crippen LogP contribution is -2.47. The first-order valence-electron chi connectivity index (χ1n) is 8.99. The minimum atomic E-state index is -0.343. The van der Waals surface area contributed by atoms with E-state index >= 15 is 0 Å². The zero-order valence-electron chi connectivity index (χ0n) is 15.1. The lowest BCUT2D eigenvalue weighted by molar-refractivity contribution is 0.102. The number of piperazine rings is 1. The van der Waals surface area contributed by atoms with Gasteiger partial charge in [0.25, 0.3) is 5.91 Å². The Morgan fingerprint density at radius 3 is 2.29 bits per heavy atom. The Kier molecular flexibility index (Phi) is 5.09. The van der Waals surface area contributed by atoms with E-state index in [1.165, 1.54) is 24.3 Å². The molecule has 2 aromatic heterocycles. The Hall–Kier alpha value is -3.55. The first-order valence-corrected chi connectivity index (χ1v) is 8.99. The molecule has 0 saturated carbocycles. The molecule has 0 aliphatic carbocycles. The van der Waals surface area contributed by atoms with Crippen LogP contribution in [0.3, 0.4) is 0 Å². The number of nitrogens with one attached hydrogen (secondary N) is 1. The monoisotopic (exact) mass is 378 g/mol. The fourth-order valence-electron chi connectivity index (χ4n) is 3.06. The Bertz CT molecular complexity index is 942. The van der Waals surface area contributed by atoms with Crippen LogP contribution >= 0.6 is 0 Å². The van der Waals surface area contributed by atoms with Gasteiger partial charge in [0.05, 0.1) is 0 Å². The number of anilines is 3. The Labute approximate surface area is 161 Å². The highest BCUT2D eigenvalue weighted by Crippen LogP contribution is 2.18. The van der Waals surface area contributed by atoms with Crippen LogP contribution in [0.5, 0.6) is 0 Å². The maximum Gasteiger partial charge on any atom is 0.255 e. The number of amides is 1. The fraction of sp³-hybridized carbons (Fsp3) is 0.200. The number of hydrogen-bond acceptors (Lipinski definition) is 6. The van der Waals surface area contributed by atoms with Crippen molar-refractivity contribution in [2.45, 2.75) is 0 Å². The van der Waals surface area contributed by atoms with E-state index < -0.39 is 0 Å². The van der Waals surface area contributed by atoms with Crippen LogP contribution < -0.4 is 15.1 Å². The maximum atomic E-state index is 13.0.